The molecule has 2 aromatic heterocycles. The molecule has 0 aliphatic rings. The van der Waals surface area contributed by atoms with Gasteiger partial charge in [0.25, 0.3) is 0 Å². The van der Waals surface area contributed by atoms with Crippen LogP contribution in [0.5, 0.6) is 11.5 Å². The van der Waals surface area contributed by atoms with Crippen LogP contribution in [0.15, 0.2) is 30.6 Å². The predicted molar refractivity (Wildman–Crippen MR) is 70.2 cm³/mol. The number of rotatable bonds is 3. The lowest BCUT2D eigenvalue weighted by Gasteiger charge is -2.08. The lowest BCUT2D eigenvalue weighted by Crippen LogP contribution is -1.91. The normalized spacial score (nSPS) is 10.6. The van der Waals surface area contributed by atoms with Crippen molar-refractivity contribution in [2.24, 2.45) is 0 Å². The van der Waals surface area contributed by atoms with E-state index >= 15 is 0 Å². The van der Waals surface area contributed by atoms with Crippen molar-refractivity contribution in [2.75, 3.05) is 14.2 Å². The number of nitrogens with zero attached hydrogens (tertiary/aromatic N) is 3. The van der Waals surface area contributed by atoms with Gasteiger partial charge in [-0.15, -0.1) is 0 Å². The Hall–Kier alpha value is -2.63. The lowest BCUT2D eigenvalue weighted by atomic mass is 10.2. The summed E-state index contributed by atoms with van der Waals surface area (Å²) in [4.78, 5) is 15.8. The lowest BCUT2D eigenvalue weighted by molar-refractivity contribution is 0.355. The van der Waals surface area contributed by atoms with Gasteiger partial charge in [-0.05, 0) is 18.2 Å². The van der Waals surface area contributed by atoms with E-state index in [2.05, 4.69) is 19.9 Å². The number of methoxy groups -OCH3 is 2. The average molecular weight is 256 g/mol. The fraction of sp³-hybridized carbons (Fsp3) is 0.154. The van der Waals surface area contributed by atoms with Crippen molar-refractivity contribution >= 4 is 11.3 Å². The van der Waals surface area contributed by atoms with E-state index < -0.39 is 0 Å². The van der Waals surface area contributed by atoms with E-state index in [1.54, 1.807) is 26.6 Å². The summed E-state index contributed by atoms with van der Waals surface area (Å²) in [5.41, 5.74) is 2.14. The van der Waals surface area contributed by atoms with Crippen LogP contribution in [0.2, 0.25) is 0 Å². The van der Waals surface area contributed by atoms with Gasteiger partial charge in [0.05, 0.1) is 14.2 Å². The van der Waals surface area contributed by atoms with Gasteiger partial charge in [-0.1, -0.05) is 0 Å². The van der Waals surface area contributed by atoms with E-state index in [0.717, 1.165) is 5.56 Å². The molecule has 2 heterocycles. The van der Waals surface area contributed by atoms with Crippen LogP contribution in [0, 0.1) is 0 Å². The molecule has 0 unspecified atom stereocenters. The molecule has 0 aliphatic carbocycles. The van der Waals surface area contributed by atoms with Gasteiger partial charge >= 0.3 is 0 Å². The summed E-state index contributed by atoms with van der Waals surface area (Å²) in [6, 6.07) is 5.60. The van der Waals surface area contributed by atoms with Crippen molar-refractivity contribution in [1.29, 1.82) is 0 Å². The van der Waals surface area contributed by atoms with Gasteiger partial charge in [0.15, 0.2) is 22.8 Å². The van der Waals surface area contributed by atoms with Gasteiger partial charge in [0, 0.05) is 18.0 Å². The Labute approximate surface area is 109 Å². The SMILES string of the molecule is COc1ccc(-c2nc3nccnc3[nH]2)cc1OC. The van der Waals surface area contributed by atoms with Crippen molar-refractivity contribution in [2.45, 2.75) is 0 Å². The zero-order chi connectivity index (χ0) is 13.2. The number of fused-ring (bicyclic) bond motifs is 1. The summed E-state index contributed by atoms with van der Waals surface area (Å²) in [5.74, 6) is 2.03. The molecule has 96 valence electrons. The third kappa shape index (κ3) is 1.97. The Kier molecular flexibility index (Phi) is 2.75. The number of ether oxygens (including phenoxy) is 2. The van der Waals surface area contributed by atoms with Crippen LogP contribution in [0.3, 0.4) is 0 Å². The number of H-pyrrole nitrogens is 1. The van der Waals surface area contributed by atoms with Crippen molar-refractivity contribution in [3.05, 3.63) is 30.6 Å². The zero-order valence-corrected chi connectivity index (χ0v) is 10.5. The van der Waals surface area contributed by atoms with Crippen LogP contribution in [0.4, 0.5) is 0 Å². The molecule has 0 aliphatic heterocycles. The van der Waals surface area contributed by atoms with E-state index in [4.69, 9.17) is 9.47 Å². The first kappa shape index (κ1) is 11.5. The van der Waals surface area contributed by atoms with E-state index in [0.29, 0.717) is 28.6 Å². The van der Waals surface area contributed by atoms with Crippen molar-refractivity contribution in [3.63, 3.8) is 0 Å². The minimum atomic E-state index is 0.590. The van der Waals surface area contributed by atoms with Crippen LogP contribution >= 0.6 is 0 Å². The molecule has 0 fully saturated rings. The number of hydrogen-bond donors (Lipinski definition) is 1. The Balaban J connectivity index is 2.10. The Morgan fingerprint density at radius 2 is 1.79 bits per heavy atom. The summed E-state index contributed by atoms with van der Waals surface area (Å²) < 4.78 is 10.5. The van der Waals surface area contributed by atoms with Gasteiger partial charge in [-0.25, -0.2) is 15.0 Å². The third-order valence-electron chi connectivity index (χ3n) is 2.79. The molecule has 0 amide bonds. The Morgan fingerprint density at radius 3 is 2.53 bits per heavy atom. The number of nitrogens with one attached hydrogen (secondary N) is 1. The monoisotopic (exact) mass is 256 g/mol. The number of aromatic amines is 1. The van der Waals surface area contributed by atoms with Crippen LogP contribution in [0.1, 0.15) is 0 Å². The molecule has 3 aromatic rings. The first-order chi connectivity index (χ1) is 9.31. The minimum Gasteiger partial charge on any atom is -0.493 e. The molecule has 0 saturated heterocycles. The van der Waals surface area contributed by atoms with Gasteiger partial charge in [-0.3, -0.25) is 0 Å². The molecule has 0 saturated carbocycles. The molecular formula is C13H12N4O2. The van der Waals surface area contributed by atoms with Crippen LogP contribution in [-0.2, 0) is 0 Å². The van der Waals surface area contributed by atoms with Gasteiger partial charge < -0.3 is 14.5 Å². The molecule has 1 N–H and O–H groups in total. The molecule has 6 nitrogen and oxygen atoms in total. The molecule has 0 radical (unpaired) electrons. The van der Waals surface area contributed by atoms with Crippen LogP contribution in [0.25, 0.3) is 22.7 Å². The van der Waals surface area contributed by atoms with Crippen molar-refractivity contribution in [1.82, 2.24) is 19.9 Å². The fourth-order valence-electron chi connectivity index (χ4n) is 1.87. The third-order valence-corrected chi connectivity index (χ3v) is 2.79. The van der Waals surface area contributed by atoms with Crippen molar-refractivity contribution in [3.8, 4) is 22.9 Å². The largest absolute Gasteiger partial charge is 0.493 e. The van der Waals surface area contributed by atoms with Crippen molar-refractivity contribution < 1.29 is 9.47 Å². The molecule has 0 atom stereocenters. The number of imidazole rings is 1. The van der Waals surface area contributed by atoms with E-state index in [9.17, 15) is 0 Å². The maximum absolute atomic E-state index is 5.27. The molecule has 0 spiro atoms. The van der Waals surface area contributed by atoms with E-state index in [1.807, 2.05) is 18.2 Å². The summed E-state index contributed by atoms with van der Waals surface area (Å²) in [6.45, 7) is 0. The van der Waals surface area contributed by atoms with Gasteiger partial charge in [0.1, 0.15) is 5.82 Å². The molecule has 0 bridgehead atoms. The topological polar surface area (TPSA) is 72.9 Å². The second kappa shape index (κ2) is 4.56. The Morgan fingerprint density at radius 1 is 1.00 bits per heavy atom. The highest BCUT2D eigenvalue weighted by Crippen LogP contribution is 2.31. The number of benzene rings is 1. The fourth-order valence-corrected chi connectivity index (χ4v) is 1.87. The van der Waals surface area contributed by atoms with Crippen LogP contribution in [-0.4, -0.2) is 34.2 Å². The molecule has 19 heavy (non-hydrogen) atoms. The molecule has 3 rings (SSSR count). The standard InChI is InChI=1S/C13H12N4O2/c1-18-9-4-3-8(7-10(9)19-2)11-16-12-13(17-11)15-6-5-14-12/h3-7H,1-2H3,(H,14,15,16,17). The summed E-state index contributed by atoms with van der Waals surface area (Å²) >= 11 is 0. The average Bonchev–Trinajstić information content (AvgIpc) is 2.90. The first-order valence-corrected chi connectivity index (χ1v) is 5.71. The zero-order valence-electron chi connectivity index (χ0n) is 10.5. The number of aromatic nitrogens is 4. The second-order valence-electron chi connectivity index (χ2n) is 3.88. The van der Waals surface area contributed by atoms with Gasteiger partial charge in [0.2, 0.25) is 0 Å². The highest BCUT2D eigenvalue weighted by molar-refractivity contribution is 5.72. The summed E-state index contributed by atoms with van der Waals surface area (Å²) in [7, 11) is 3.20. The maximum Gasteiger partial charge on any atom is 0.197 e. The maximum atomic E-state index is 5.27. The summed E-state index contributed by atoms with van der Waals surface area (Å²) in [6.07, 6.45) is 3.24. The molecular weight excluding hydrogens is 244 g/mol. The first-order valence-electron chi connectivity index (χ1n) is 5.71. The highest BCUT2D eigenvalue weighted by Gasteiger charge is 2.10. The summed E-state index contributed by atoms with van der Waals surface area (Å²) in [5, 5.41) is 0. The Bertz CT molecular complexity index is 690. The smallest absolute Gasteiger partial charge is 0.197 e. The number of hydrogen-bond acceptors (Lipinski definition) is 5. The molecule has 6 heteroatoms. The van der Waals surface area contributed by atoms with Gasteiger partial charge in [-0.2, -0.15) is 0 Å². The molecule has 1 aromatic carbocycles. The minimum absolute atomic E-state index is 0.590. The van der Waals surface area contributed by atoms with E-state index in [-0.39, 0.29) is 0 Å². The van der Waals surface area contributed by atoms with E-state index in [1.165, 1.54) is 0 Å². The van der Waals surface area contributed by atoms with Crippen LogP contribution < -0.4 is 9.47 Å². The highest BCUT2D eigenvalue weighted by atomic mass is 16.5. The predicted octanol–water partition coefficient (Wildman–Crippen LogP) is 2.04. The second-order valence-corrected chi connectivity index (χ2v) is 3.88. The quantitative estimate of drug-likeness (QED) is 0.776.